The maximum absolute atomic E-state index is 10.9. The van der Waals surface area contributed by atoms with E-state index in [-0.39, 0.29) is 11.2 Å². The Bertz CT molecular complexity index is 602. The second-order valence-electron chi connectivity index (χ2n) is 2.32. The smallest absolute Gasteiger partial charge is 0.300 e. The van der Waals surface area contributed by atoms with Gasteiger partial charge in [0, 0.05) is 0 Å². The molecule has 10 nitrogen and oxygen atoms in total. The van der Waals surface area contributed by atoms with Crippen molar-refractivity contribution in [2.75, 3.05) is 0 Å². The van der Waals surface area contributed by atoms with Gasteiger partial charge in [0.25, 0.3) is 5.56 Å². The molecule has 82 valence electrons. The highest BCUT2D eigenvalue weighted by Crippen LogP contribution is 1.88. The van der Waals surface area contributed by atoms with Gasteiger partial charge in [-0.05, 0) is 0 Å². The van der Waals surface area contributed by atoms with Gasteiger partial charge < -0.3 is 0 Å². The fraction of sp³-hybridized carbons (Fsp3) is 0. The summed E-state index contributed by atoms with van der Waals surface area (Å²) in [7, 11) is 0. The van der Waals surface area contributed by atoms with Gasteiger partial charge in [0.2, 0.25) is 0 Å². The first kappa shape index (κ1) is 10.9. The van der Waals surface area contributed by atoms with E-state index in [4.69, 9.17) is 10.5 Å². The van der Waals surface area contributed by atoms with Crippen molar-refractivity contribution < 1.29 is 15.6 Å². The van der Waals surface area contributed by atoms with Crippen LogP contribution in [-0.4, -0.2) is 30.5 Å². The summed E-state index contributed by atoms with van der Waals surface area (Å²) in [5.74, 6) is 0. The molecule has 0 saturated carbocycles. The third-order valence-corrected chi connectivity index (χ3v) is 1.42. The number of rotatable bonds is 0. The first-order chi connectivity index (χ1) is 7.08. The molecule has 0 bridgehead atoms. The molecular weight excluding hydrogens is 212 g/mol. The lowest BCUT2D eigenvalue weighted by molar-refractivity contribution is -0.465. The highest BCUT2D eigenvalue weighted by atomic mass is 17.4. The Labute approximate surface area is 79.0 Å². The second-order valence-corrected chi connectivity index (χ2v) is 2.32. The minimum Gasteiger partial charge on any atom is -0.300 e. The predicted molar refractivity (Wildman–Crippen MR) is 46.5 cm³/mol. The van der Waals surface area contributed by atoms with Crippen LogP contribution in [0.5, 0.6) is 0 Å². The van der Waals surface area contributed by atoms with E-state index in [2.05, 4.69) is 20.0 Å². The van der Waals surface area contributed by atoms with E-state index in [1.54, 1.807) is 0 Å². The van der Waals surface area contributed by atoms with Crippen LogP contribution in [0.4, 0.5) is 0 Å². The summed E-state index contributed by atoms with van der Waals surface area (Å²) in [5, 5.41) is 15.5. The van der Waals surface area contributed by atoms with Crippen LogP contribution >= 0.6 is 0 Å². The van der Waals surface area contributed by atoms with Crippen LogP contribution in [0.15, 0.2) is 14.4 Å². The molecule has 0 radical (unpaired) electrons. The third-order valence-electron chi connectivity index (χ3n) is 1.42. The number of imidazole rings is 1. The average Bonchev–Trinajstić information content (AvgIpc) is 2.47. The summed E-state index contributed by atoms with van der Waals surface area (Å²) in [6, 6.07) is 0. The van der Waals surface area contributed by atoms with Crippen LogP contribution in [0.25, 0.3) is 11.2 Å². The Balaban J connectivity index is 0.000000337. The van der Waals surface area contributed by atoms with Gasteiger partial charge in [-0.15, -0.1) is 0 Å². The number of H-pyrrole nitrogens is 4. The molecule has 2 aromatic rings. The molecule has 0 aliphatic rings. The van der Waals surface area contributed by atoms with E-state index in [0.717, 1.165) is 0 Å². The van der Waals surface area contributed by atoms with Crippen molar-refractivity contribution in [1.82, 2.24) is 19.9 Å². The topological polar surface area (TPSA) is 164 Å². The van der Waals surface area contributed by atoms with Gasteiger partial charge >= 0.3 is 11.4 Å². The van der Waals surface area contributed by atoms with Gasteiger partial charge in [0.1, 0.15) is 11.2 Å². The summed E-state index contributed by atoms with van der Waals surface area (Å²) in [4.78, 5) is 41.0. The van der Waals surface area contributed by atoms with Crippen LogP contribution in [0.2, 0.25) is 0 Å². The fourth-order valence-corrected chi connectivity index (χ4v) is 0.958. The third kappa shape index (κ3) is 2.40. The van der Waals surface area contributed by atoms with Crippen molar-refractivity contribution in [1.29, 1.82) is 0 Å². The van der Waals surface area contributed by atoms with Crippen molar-refractivity contribution in [3.05, 3.63) is 31.3 Å². The SMILES string of the molecule is O=c1[nH]c(=O)c2[nH]c(=O)[nH]c2[nH]1.OOO. The summed E-state index contributed by atoms with van der Waals surface area (Å²) >= 11 is 0. The molecule has 2 aromatic heterocycles. The molecule has 2 rings (SSSR count). The molecule has 0 aromatic carbocycles. The fourth-order valence-electron chi connectivity index (χ4n) is 0.958. The number of aromatic nitrogens is 4. The van der Waals surface area contributed by atoms with E-state index in [0.29, 0.717) is 0 Å². The number of fused-ring (bicyclic) bond motifs is 1. The summed E-state index contributed by atoms with van der Waals surface area (Å²) < 4.78 is 0. The molecule has 10 heteroatoms. The predicted octanol–water partition coefficient (Wildman–Crippen LogP) is -1.82. The zero-order chi connectivity index (χ0) is 11.4. The van der Waals surface area contributed by atoms with Crippen LogP contribution in [0.1, 0.15) is 0 Å². The summed E-state index contributed by atoms with van der Waals surface area (Å²) in [5.41, 5.74) is -1.65. The second kappa shape index (κ2) is 4.36. The van der Waals surface area contributed by atoms with Crippen molar-refractivity contribution >= 4 is 11.2 Å². The Morgan fingerprint density at radius 2 is 1.33 bits per heavy atom. The molecule has 0 atom stereocenters. The van der Waals surface area contributed by atoms with E-state index in [1.807, 2.05) is 4.98 Å². The number of aromatic amines is 4. The van der Waals surface area contributed by atoms with Gasteiger partial charge in [0.05, 0.1) is 0 Å². The first-order valence-corrected chi connectivity index (χ1v) is 3.48. The monoisotopic (exact) mass is 218 g/mol. The zero-order valence-electron chi connectivity index (χ0n) is 7.03. The van der Waals surface area contributed by atoms with Crippen molar-refractivity contribution in [2.24, 2.45) is 0 Å². The lowest BCUT2D eigenvalue weighted by Crippen LogP contribution is -2.21. The lowest BCUT2D eigenvalue weighted by atomic mass is 10.5. The molecule has 0 fully saturated rings. The highest BCUT2D eigenvalue weighted by Gasteiger charge is 2.02. The molecule has 0 aliphatic carbocycles. The molecule has 0 spiro atoms. The van der Waals surface area contributed by atoms with E-state index < -0.39 is 16.9 Å². The molecule has 6 N–H and O–H groups in total. The Kier molecular flexibility index (Phi) is 3.17. The number of hydrogen-bond acceptors (Lipinski definition) is 6. The minimum atomic E-state index is -0.650. The molecule has 0 aliphatic heterocycles. The van der Waals surface area contributed by atoms with Crippen LogP contribution in [0.3, 0.4) is 0 Å². The van der Waals surface area contributed by atoms with Crippen LogP contribution < -0.4 is 16.9 Å². The van der Waals surface area contributed by atoms with Crippen molar-refractivity contribution in [3.8, 4) is 0 Å². The maximum atomic E-state index is 10.9. The highest BCUT2D eigenvalue weighted by molar-refractivity contribution is 5.67. The normalized spacial score (nSPS) is 9.73. The summed E-state index contributed by atoms with van der Waals surface area (Å²) in [6.45, 7) is 0. The van der Waals surface area contributed by atoms with Crippen LogP contribution in [-0.2, 0) is 5.04 Å². The molecule has 0 saturated heterocycles. The average molecular weight is 218 g/mol. The first-order valence-electron chi connectivity index (χ1n) is 3.48. The maximum Gasteiger partial charge on any atom is 0.327 e. The Morgan fingerprint density at radius 3 is 1.87 bits per heavy atom. The lowest BCUT2D eigenvalue weighted by Gasteiger charge is -1.83. The van der Waals surface area contributed by atoms with Gasteiger partial charge in [-0.2, -0.15) is 0 Å². The minimum absolute atomic E-state index is 0.0413. The van der Waals surface area contributed by atoms with Gasteiger partial charge in [0.15, 0.2) is 0 Å². The van der Waals surface area contributed by atoms with E-state index >= 15 is 0 Å². The zero-order valence-corrected chi connectivity index (χ0v) is 7.03. The molecule has 0 unspecified atom stereocenters. The van der Waals surface area contributed by atoms with Gasteiger partial charge in [-0.25, -0.2) is 20.1 Å². The number of nitrogens with one attached hydrogen (secondary N) is 4. The van der Waals surface area contributed by atoms with E-state index in [1.165, 1.54) is 0 Å². The van der Waals surface area contributed by atoms with E-state index in [9.17, 15) is 14.4 Å². The van der Waals surface area contributed by atoms with Crippen molar-refractivity contribution in [3.63, 3.8) is 0 Å². The van der Waals surface area contributed by atoms with Crippen LogP contribution in [0, 0.1) is 0 Å². The molecular formula is C5H6N4O6. The summed E-state index contributed by atoms with van der Waals surface area (Å²) in [6.07, 6.45) is 0. The molecule has 15 heavy (non-hydrogen) atoms. The number of hydrogen-bond donors (Lipinski definition) is 6. The quantitative estimate of drug-likeness (QED) is 0.225. The largest absolute Gasteiger partial charge is 0.327 e. The Morgan fingerprint density at radius 1 is 0.867 bits per heavy atom. The Hall–Kier alpha value is -2.17. The molecule has 2 heterocycles. The molecule has 0 amide bonds. The van der Waals surface area contributed by atoms with Gasteiger partial charge in [-0.1, -0.05) is 5.04 Å². The standard InChI is InChI=1S/C5H4N4O3.H2O3/c10-3-1-2(7-4(11)6-1)8-5(12)9-3;1-3-2/h(H4,6,7,8,9,10,11,12);1-2H. The van der Waals surface area contributed by atoms with Gasteiger partial charge in [-0.3, -0.25) is 24.7 Å². The van der Waals surface area contributed by atoms with Crippen molar-refractivity contribution in [2.45, 2.75) is 0 Å².